The van der Waals surface area contributed by atoms with E-state index in [1.165, 1.54) is 0 Å². The van der Waals surface area contributed by atoms with Gasteiger partial charge in [0.25, 0.3) is 0 Å². The van der Waals surface area contributed by atoms with Crippen molar-refractivity contribution in [2.45, 2.75) is 26.4 Å². The molecule has 0 atom stereocenters. The molecule has 0 aromatic carbocycles. The Labute approximate surface area is 60.5 Å². The van der Waals surface area contributed by atoms with Gasteiger partial charge >= 0.3 is 0 Å². The van der Waals surface area contributed by atoms with Gasteiger partial charge in [0.2, 0.25) is 0 Å². The van der Waals surface area contributed by atoms with Gasteiger partial charge in [-0.2, -0.15) is 0 Å². The van der Waals surface area contributed by atoms with Gasteiger partial charge in [0.15, 0.2) is 0 Å². The van der Waals surface area contributed by atoms with E-state index in [1.807, 2.05) is 0 Å². The SMILES string of the molecule is CCNCC(C)(C)O[SiH3]. The van der Waals surface area contributed by atoms with Crippen LogP contribution in [0.25, 0.3) is 0 Å². The molecule has 0 radical (unpaired) electrons. The van der Waals surface area contributed by atoms with Crippen molar-refractivity contribution in [2.24, 2.45) is 0 Å². The highest BCUT2D eigenvalue weighted by molar-refractivity contribution is 5.98. The van der Waals surface area contributed by atoms with Gasteiger partial charge in [0, 0.05) is 6.54 Å². The Bertz CT molecular complexity index is 75.5. The fraction of sp³-hybridized carbons (Fsp3) is 1.00. The lowest BCUT2D eigenvalue weighted by Crippen LogP contribution is -2.36. The summed E-state index contributed by atoms with van der Waals surface area (Å²) in [4.78, 5) is 0. The molecular formula is C6H17NOSi. The zero-order valence-corrected chi connectivity index (χ0v) is 8.82. The Kier molecular flexibility index (Phi) is 4.09. The third kappa shape index (κ3) is 4.63. The molecule has 0 aliphatic heterocycles. The van der Waals surface area contributed by atoms with Crippen molar-refractivity contribution < 1.29 is 4.43 Å². The van der Waals surface area contributed by atoms with Gasteiger partial charge < -0.3 is 9.74 Å². The molecule has 0 rings (SSSR count). The van der Waals surface area contributed by atoms with E-state index < -0.39 is 0 Å². The van der Waals surface area contributed by atoms with E-state index >= 15 is 0 Å². The highest BCUT2D eigenvalue weighted by Crippen LogP contribution is 2.03. The van der Waals surface area contributed by atoms with Crippen LogP contribution in [0.1, 0.15) is 20.8 Å². The summed E-state index contributed by atoms with van der Waals surface area (Å²) in [6.45, 7) is 8.27. The molecule has 2 nitrogen and oxygen atoms in total. The van der Waals surface area contributed by atoms with Crippen LogP contribution in [0, 0.1) is 0 Å². The van der Waals surface area contributed by atoms with Crippen molar-refractivity contribution in [3.8, 4) is 0 Å². The molecule has 0 aliphatic rings. The van der Waals surface area contributed by atoms with E-state index in [0.29, 0.717) is 0 Å². The average molecular weight is 147 g/mol. The van der Waals surface area contributed by atoms with Crippen molar-refractivity contribution in [1.82, 2.24) is 5.32 Å². The highest BCUT2D eigenvalue weighted by Gasteiger charge is 2.13. The van der Waals surface area contributed by atoms with E-state index in [-0.39, 0.29) is 5.60 Å². The first-order valence-corrected chi connectivity index (χ1v) is 4.20. The van der Waals surface area contributed by atoms with E-state index in [0.717, 1.165) is 23.6 Å². The van der Waals surface area contributed by atoms with Gasteiger partial charge in [-0.1, -0.05) is 6.92 Å². The predicted molar refractivity (Wildman–Crippen MR) is 43.6 cm³/mol. The van der Waals surface area contributed by atoms with Crippen molar-refractivity contribution in [3.63, 3.8) is 0 Å². The molecule has 0 bridgehead atoms. The maximum atomic E-state index is 5.32. The third-order valence-electron chi connectivity index (χ3n) is 1.35. The van der Waals surface area contributed by atoms with Crippen LogP contribution in [0.15, 0.2) is 0 Å². The van der Waals surface area contributed by atoms with E-state index in [1.54, 1.807) is 0 Å². The molecular weight excluding hydrogens is 130 g/mol. The summed E-state index contributed by atoms with van der Waals surface area (Å²) >= 11 is 0. The Balaban J connectivity index is 3.33. The smallest absolute Gasteiger partial charge is 0.146 e. The molecule has 0 heterocycles. The number of nitrogens with one attached hydrogen (secondary N) is 1. The third-order valence-corrected chi connectivity index (χ3v) is 2.46. The molecule has 3 heteroatoms. The Morgan fingerprint density at radius 2 is 2.11 bits per heavy atom. The molecule has 0 aromatic rings. The molecule has 1 N–H and O–H groups in total. The van der Waals surface area contributed by atoms with Crippen molar-refractivity contribution in [1.29, 1.82) is 0 Å². The van der Waals surface area contributed by atoms with Crippen molar-refractivity contribution in [3.05, 3.63) is 0 Å². The first kappa shape index (κ1) is 9.14. The maximum absolute atomic E-state index is 5.32. The van der Waals surface area contributed by atoms with Gasteiger partial charge in [0.1, 0.15) is 10.5 Å². The Morgan fingerprint density at radius 1 is 1.56 bits per heavy atom. The number of likely N-dealkylation sites (N-methyl/N-ethyl adjacent to an activating group) is 1. The second-order valence-corrected chi connectivity index (χ2v) is 3.15. The lowest BCUT2D eigenvalue weighted by Gasteiger charge is -2.23. The molecule has 0 spiro atoms. The molecule has 56 valence electrons. The number of rotatable bonds is 4. The minimum Gasteiger partial charge on any atom is -0.422 e. The van der Waals surface area contributed by atoms with Crippen LogP contribution in [0.3, 0.4) is 0 Å². The van der Waals surface area contributed by atoms with E-state index in [4.69, 9.17) is 4.43 Å². The van der Waals surface area contributed by atoms with Crippen LogP contribution < -0.4 is 5.32 Å². The lowest BCUT2D eigenvalue weighted by molar-refractivity contribution is 0.122. The summed E-state index contributed by atoms with van der Waals surface area (Å²) in [6.07, 6.45) is 0. The normalized spacial score (nSPS) is 12.3. The number of hydrogen-bond acceptors (Lipinski definition) is 2. The Morgan fingerprint density at radius 3 is 2.44 bits per heavy atom. The standard InChI is InChI=1S/C6H17NOSi/c1-4-7-5-6(2,3)8-9/h7H,4-5H2,1-3,9H3. The molecule has 0 aliphatic carbocycles. The van der Waals surface area contributed by atoms with Crippen LogP contribution >= 0.6 is 0 Å². The van der Waals surface area contributed by atoms with Crippen molar-refractivity contribution in [2.75, 3.05) is 13.1 Å². The summed E-state index contributed by atoms with van der Waals surface area (Å²) in [6, 6.07) is 0. The fourth-order valence-corrected chi connectivity index (χ4v) is 0.643. The minimum atomic E-state index is 0.0439. The van der Waals surface area contributed by atoms with Gasteiger partial charge in [-0.05, 0) is 20.4 Å². The molecule has 9 heavy (non-hydrogen) atoms. The molecule has 0 fully saturated rings. The molecule has 0 aromatic heterocycles. The molecule has 0 saturated carbocycles. The quantitative estimate of drug-likeness (QED) is 0.550. The average Bonchev–Trinajstić information content (AvgIpc) is 1.84. The zero-order valence-electron chi connectivity index (χ0n) is 6.82. The molecule has 0 saturated heterocycles. The highest BCUT2D eigenvalue weighted by atomic mass is 28.2. The fourth-order valence-electron chi connectivity index (χ4n) is 0.498. The van der Waals surface area contributed by atoms with Crippen molar-refractivity contribution >= 4 is 10.5 Å². The zero-order chi connectivity index (χ0) is 7.33. The Hall–Kier alpha value is 0.137. The summed E-state index contributed by atoms with van der Waals surface area (Å²) in [5.41, 5.74) is 0.0439. The second kappa shape index (κ2) is 4.03. The van der Waals surface area contributed by atoms with Crippen LogP contribution in [0.5, 0.6) is 0 Å². The second-order valence-electron chi connectivity index (χ2n) is 2.74. The van der Waals surface area contributed by atoms with Gasteiger partial charge in [-0.3, -0.25) is 0 Å². The van der Waals surface area contributed by atoms with Gasteiger partial charge in [0.05, 0.1) is 5.60 Å². The summed E-state index contributed by atoms with van der Waals surface area (Å²) < 4.78 is 5.32. The summed E-state index contributed by atoms with van der Waals surface area (Å²) in [5, 5.41) is 3.24. The molecule has 0 amide bonds. The lowest BCUT2D eigenvalue weighted by atomic mass is 10.1. The first-order chi connectivity index (χ1) is 4.12. The summed E-state index contributed by atoms with van der Waals surface area (Å²) in [5.74, 6) is 0. The summed E-state index contributed by atoms with van der Waals surface area (Å²) in [7, 11) is 0.824. The largest absolute Gasteiger partial charge is 0.422 e. The van der Waals surface area contributed by atoms with E-state index in [9.17, 15) is 0 Å². The monoisotopic (exact) mass is 147 g/mol. The molecule has 0 unspecified atom stereocenters. The van der Waals surface area contributed by atoms with Crippen LogP contribution in [0.4, 0.5) is 0 Å². The topological polar surface area (TPSA) is 21.3 Å². The van der Waals surface area contributed by atoms with Crippen LogP contribution in [-0.4, -0.2) is 29.2 Å². The number of hydrogen-bond donors (Lipinski definition) is 1. The van der Waals surface area contributed by atoms with Crippen LogP contribution in [0.2, 0.25) is 0 Å². The maximum Gasteiger partial charge on any atom is 0.146 e. The predicted octanol–water partition coefficient (Wildman–Crippen LogP) is -0.329. The first-order valence-electron chi connectivity index (χ1n) is 3.38. The minimum absolute atomic E-state index is 0.0439. The van der Waals surface area contributed by atoms with Gasteiger partial charge in [-0.25, -0.2) is 0 Å². The van der Waals surface area contributed by atoms with Crippen LogP contribution in [-0.2, 0) is 4.43 Å². The van der Waals surface area contributed by atoms with Gasteiger partial charge in [-0.15, -0.1) is 0 Å². The van der Waals surface area contributed by atoms with E-state index in [2.05, 4.69) is 26.1 Å².